The predicted molar refractivity (Wildman–Crippen MR) is 65.8 cm³/mol. The van der Waals surface area contributed by atoms with E-state index in [0.29, 0.717) is 12.5 Å². The van der Waals surface area contributed by atoms with E-state index in [4.69, 9.17) is 0 Å². The molecule has 2 fully saturated rings. The van der Waals surface area contributed by atoms with Crippen molar-refractivity contribution in [1.82, 2.24) is 4.90 Å². The molecule has 3 aliphatic rings. The van der Waals surface area contributed by atoms with Crippen LogP contribution in [0.4, 0.5) is 0 Å². The molecule has 0 aromatic rings. The Hall–Kier alpha value is -1.32. The van der Waals surface area contributed by atoms with Crippen LogP contribution in [0.3, 0.4) is 0 Å². The Labute approximate surface area is 107 Å². The molecule has 3 rings (SSSR count). The van der Waals surface area contributed by atoms with Crippen molar-refractivity contribution in [2.24, 2.45) is 17.8 Å². The lowest BCUT2D eigenvalue weighted by Crippen LogP contribution is -2.45. The van der Waals surface area contributed by atoms with Crippen molar-refractivity contribution in [3.63, 3.8) is 0 Å². The van der Waals surface area contributed by atoms with Crippen molar-refractivity contribution < 1.29 is 14.7 Å². The van der Waals surface area contributed by atoms with Crippen LogP contribution >= 0.6 is 0 Å². The van der Waals surface area contributed by atoms with Crippen LogP contribution in [0, 0.1) is 17.8 Å². The van der Waals surface area contributed by atoms with E-state index in [-0.39, 0.29) is 17.7 Å². The lowest BCUT2D eigenvalue weighted by atomic mass is 9.94. The molecular weight excluding hydrogens is 230 g/mol. The zero-order chi connectivity index (χ0) is 12.7. The first-order valence-electron chi connectivity index (χ1n) is 6.86. The van der Waals surface area contributed by atoms with Gasteiger partial charge in [0, 0.05) is 12.5 Å². The number of carboxylic acids is 1. The number of hydrogen-bond donors (Lipinski definition) is 1. The second-order valence-corrected chi connectivity index (χ2v) is 5.77. The number of carboxylic acid groups (broad SMARTS) is 1. The Morgan fingerprint density at radius 1 is 1.17 bits per heavy atom. The first-order chi connectivity index (χ1) is 8.68. The van der Waals surface area contributed by atoms with Crippen LogP contribution in [-0.4, -0.2) is 34.5 Å². The highest BCUT2D eigenvalue weighted by molar-refractivity contribution is 5.86. The number of hydrogen-bond acceptors (Lipinski definition) is 2. The maximum atomic E-state index is 12.4. The molecule has 0 aromatic carbocycles. The number of fused-ring (bicyclic) bond motifs is 1. The minimum absolute atomic E-state index is 0.00863. The molecule has 4 nitrogen and oxygen atoms in total. The van der Waals surface area contributed by atoms with Crippen molar-refractivity contribution in [3.05, 3.63) is 12.2 Å². The maximum Gasteiger partial charge on any atom is 0.326 e. The molecule has 3 atom stereocenters. The Balaban J connectivity index is 1.78. The third-order valence-corrected chi connectivity index (χ3v) is 4.78. The van der Waals surface area contributed by atoms with Crippen LogP contribution in [0.15, 0.2) is 12.2 Å². The molecule has 1 heterocycles. The summed E-state index contributed by atoms with van der Waals surface area (Å²) in [5.41, 5.74) is 0. The highest BCUT2D eigenvalue weighted by atomic mass is 16.4. The zero-order valence-corrected chi connectivity index (χ0v) is 10.4. The molecular formula is C14H19NO3. The lowest BCUT2D eigenvalue weighted by Gasteiger charge is -2.27. The Morgan fingerprint density at radius 3 is 2.56 bits per heavy atom. The molecule has 4 heteroatoms. The molecule has 1 saturated carbocycles. The second kappa shape index (κ2) is 4.41. The van der Waals surface area contributed by atoms with Crippen LogP contribution in [-0.2, 0) is 9.59 Å². The normalized spacial score (nSPS) is 35.1. The molecule has 1 saturated heterocycles. The monoisotopic (exact) mass is 249 g/mol. The average Bonchev–Trinajstić information content (AvgIpc) is 3.03. The van der Waals surface area contributed by atoms with Crippen LogP contribution in [0.2, 0.25) is 0 Å². The van der Waals surface area contributed by atoms with Gasteiger partial charge in [0.15, 0.2) is 0 Å². The molecule has 98 valence electrons. The van der Waals surface area contributed by atoms with E-state index in [2.05, 4.69) is 0 Å². The van der Waals surface area contributed by atoms with Crippen molar-refractivity contribution in [2.75, 3.05) is 6.54 Å². The Bertz CT molecular complexity index is 396. The number of nitrogens with zero attached hydrogens (tertiary/aromatic N) is 1. The third kappa shape index (κ3) is 1.74. The summed E-state index contributed by atoms with van der Waals surface area (Å²) in [7, 11) is 0. The number of aliphatic carboxylic acids is 1. The summed E-state index contributed by atoms with van der Waals surface area (Å²) in [5.74, 6) is -0.151. The third-order valence-electron chi connectivity index (χ3n) is 4.78. The van der Waals surface area contributed by atoms with E-state index in [1.807, 2.05) is 12.2 Å². The van der Waals surface area contributed by atoms with Gasteiger partial charge in [-0.1, -0.05) is 18.6 Å². The lowest BCUT2D eigenvalue weighted by molar-refractivity contribution is -0.151. The van der Waals surface area contributed by atoms with Crippen LogP contribution in [0.1, 0.15) is 32.1 Å². The van der Waals surface area contributed by atoms with Gasteiger partial charge in [0.25, 0.3) is 0 Å². The van der Waals surface area contributed by atoms with E-state index in [0.717, 1.165) is 32.1 Å². The van der Waals surface area contributed by atoms with Crippen molar-refractivity contribution in [3.8, 4) is 0 Å². The summed E-state index contributed by atoms with van der Waals surface area (Å²) >= 11 is 0. The number of carbonyl (C=O) groups is 2. The quantitative estimate of drug-likeness (QED) is 0.757. The van der Waals surface area contributed by atoms with Crippen molar-refractivity contribution in [1.29, 1.82) is 0 Å². The summed E-state index contributed by atoms with van der Waals surface area (Å²) < 4.78 is 0. The fourth-order valence-electron chi connectivity index (χ4n) is 3.90. The van der Waals surface area contributed by atoms with E-state index < -0.39 is 12.0 Å². The van der Waals surface area contributed by atoms with Gasteiger partial charge >= 0.3 is 5.97 Å². The second-order valence-electron chi connectivity index (χ2n) is 5.77. The molecule has 0 aromatic heterocycles. The molecule has 18 heavy (non-hydrogen) atoms. The van der Waals surface area contributed by atoms with E-state index in [9.17, 15) is 14.7 Å². The van der Waals surface area contributed by atoms with Crippen molar-refractivity contribution >= 4 is 11.9 Å². The number of amides is 1. The van der Waals surface area contributed by atoms with Gasteiger partial charge in [0.1, 0.15) is 6.04 Å². The SMILES string of the molecule is O=C(O)C1C2CCCC2CN1C(=O)C1CC=CC1. The molecule has 0 spiro atoms. The van der Waals surface area contributed by atoms with Crippen LogP contribution < -0.4 is 0 Å². The summed E-state index contributed by atoms with van der Waals surface area (Å²) in [6.45, 7) is 0.664. The van der Waals surface area contributed by atoms with E-state index in [1.54, 1.807) is 4.90 Å². The van der Waals surface area contributed by atoms with Gasteiger partial charge in [0.05, 0.1) is 0 Å². The molecule has 1 amide bonds. The summed E-state index contributed by atoms with van der Waals surface area (Å²) in [6, 6.07) is -0.564. The molecule has 2 aliphatic carbocycles. The Kier molecular flexibility index (Phi) is 2.88. The molecule has 0 bridgehead atoms. The van der Waals surface area contributed by atoms with Gasteiger partial charge in [-0.15, -0.1) is 0 Å². The smallest absolute Gasteiger partial charge is 0.326 e. The minimum atomic E-state index is -0.816. The van der Waals surface area contributed by atoms with Crippen LogP contribution in [0.5, 0.6) is 0 Å². The van der Waals surface area contributed by atoms with Crippen molar-refractivity contribution in [2.45, 2.75) is 38.1 Å². The fourth-order valence-corrected chi connectivity index (χ4v) is 3.90. The number of allylic oxidation sites excluding steroid dienone is 2. The zero-order valence-electron chi connectivity index (χ0n) is 10.4. The summed E-state index contributed by atoms with van der Waals surface area (Å²) in [4.78, 5) is 25.5. The molecule has 1 aliphatic heterocycles. The molecule has 1 N–H and O–H groups in total. The summed E-state index contributed by atoms with van der Waals surface area (Å²) in [6.07, 6.45) is 8.76. The maximum absolute atomic E-state index is 12.4. The van der Waals surface area contributed by atoms with E-state index in [1.165, 1.54) is 0 Å². The van der Waals surface area contributed by atoms with Gasteiger partial charge in [-0.05, 0) is 37.5 Å². The van der Waals surface area contributed by atoms with Crippen LogP contribution in [0.25, 0.3) is 0 Å². The van der Waals surface area contributed by atoms with E-state index >= 15 is 0 Å². The Morgan fingerprint density at radius 2 is 1.89 bits per heavy atom. The summed E-state index contributed by atoms with van der Waals surface area (Å²) in [5, 5.41) is 9.41. The molecule has 3 unspecified atom stereocenters. The topological polar surface area (TPSA) is 57.6 Å². The predicted octanol–water partition coefficient (Wildman–Crippen LogP) is 1.66. The number of likely N-dealkylation sites (tertiary alicyclic amines) is 1. The van der Waals surface area contributed by atoms with Gasteiger partial charge in [-0.3, -0.25) is 4.79 Å². The fraction of sp³-hybridized carbons (Fsp3) is 0.714. The highest BCUT2D eigenvalue weighted by Crippen LogP contribution is 2.43. The number of carbonyl (C=O) groups excluding carboxylic acids is 1. The number of rotatable bonds is 2. The minimum Gasteiger partial charge on any atom is -0.480 e. The highest BCUT2D eigenvalue weighted by Gasteiger charge is 2.50. The average molecular weight is 249 g/mol. The standard InChI is InChI=1S/C14H19NO3/c16-13(9-4-1-2-5-9)15-8-10-6-3-7-11(10)12(15)14(17)18/h1-2,9-12H,3-8H2,(H,17,18). The van der Waals surface area contributed by atoms with Gasteiger partial charge in [-0.2, -0.15) is 0 Å². The van der Waals surface area contributed by atoms with Gasteiger partial charge in [-0.25, -0.2) is 4.79 Å². The first kappa shape index (κ1) is 11.8. The molecule has 0 radical (unpaired) electrons. The van der Waals surface area contributed by atoms with Gasteiger partial charge in [0.2, 0.25) is 5.91 Å². The first-order valence-corrected chi connectivity index (χ1v) is 6.86. The largest absolute Gasteiger partial charge is 0.480 e. The van der Waals surface area contributed by atoms with Gasteiger partial charge < -0.3 is 10.0 Å².